The summed E-state index contributed by atoms with van der Waals surface area (Å²) in [6.07, 6.45) is -0.0628. The van der Waals surface area contributed by atoms with Crippen LogP contribution in [0.4, 0.5) is 5.69 Å². The van der Waals surface area contributed by atoms with Gasteiger partial charge in [-0.05, 0) is 55.0 Å². The molecule has 6 nitrogen and oxygen atoms in total. The van der Waals surface area contributed by atoms with E-state index in [2.05, 4.69) is 4.72 Å². The highest BCUT2D eigenvalue weighted by Gasteiger charge is 2.19. The Balaban J connectivity index is 1.91. The van der Waals surface area contributed by atoms with Crippen molar-refractivity contribution in [2.75, 3.05) is 11.3 Å². The second-order valence-electron chi connectivity index (χ2n) is 7.27. The van der Waals surface area contributed by atoms with Crippen molar-refractivity contribution in [2.45, 2.75) is 32.4 Å². The van der Waals surface area contributed by atoms with Crippen LogP contribution in [-0.4, -0.2) is 31.4 Å². The summed E-state index contributed by atoms with van der Waals surface area (Å²) < 4.78 is 32.9. The van der Waals surface area contributed by atoms with Crippen LogP contribution < -0.4 is 9.46 Å². The van der Waals surface area contributed by atoms with Crippen molar-refractivity contribution in [3.63, 3.8) is 0 Å². The van der Waals surface area contributed by atoms with Crippen LogP contribution in [0.5, 0.6) is 5.75 Å². The minimum absolute atomic E-state index is 0.0628. The molecule has 0 aliphatic carbocycles. The molecule has 1 aromatic heterocycles. The van der Waals surface area contributed by atoms with Crippen molar-refractivity contribution in [2.24, 2.45) is 0 Å². The van der Waals surface area contributed by atoms with Crippen molar-refractivity contribution in [1.82, 2.24) is 0 Å². The molecular weight excluding hydrogens is 434 g/mol. The highest BCUT2D eigenvalue weighted by molar-refractivity contribution is 7.93. The van der Waals surface area contributed by atoms with E-state index in [1.54, 1.807) is 32.0 Å². The van der Waals surface area contributed by atoms with E-state index in [1.807, 2.05) is 42.6 Å². The molecule has 0 amide bonds. The maximum atomic E-state index is 12.3. The minimum Gasteiger partial charge on any atom is -0.493 e. The van der Waals surface area contributed by atoms with E-state index in [1.165, 1.54) is 11.3 Å². The van der Waals surface area contributed by atoms with Crippen LogP contribution in [0.15, 0.2) is 53.9 Å². The first-order valence-corrected chi connectivity index (χ1v) is 12.3. The van der Waals surface area contributed by atoms with E-state index >= 15 is 0 Å². The lowest BCUT2D eigenvalue weighted by atomic mass is 10.00. The van der Waals surface area contributed by atoms with E-state index in [0.29, 0.717) is 23.6 Å². The molecule has 31 heavy (non-hydrogen) atoms. The van der Waals surface area contributed by atoms with Crippen LogP contribution in [0.1, 0.15) is 26.3 Å². The zero-order chi connectivity index (χ0) is 22.6. The first kappa shape index (κ1) is 22.8. The zero-order valence-corrected chi connectivity index (χ0v) is 19.2. The molecule has 0 spiro atoms. The first-order chi connectivity index (χ1) is 14.7. The van der Waals surface area contributed by atoms with Gasteiger partial charge >= 0.3 is 5.97 Å². The number of carboxylic acids is 1. The quantitative estimate of drug-likeness (QED) is 0.455. The van der Waals surface area contributed by atoms with Gasteiger partial charge in [-0.3, -0.25) is 9.52 Å². The predicted octanol–water partition coefficient (Wildman–Crippen LogP) is 5.26. The standard InChI is InChI=1S/C23H25NO5S2/c1-4-29-21-13-16(14-22(25)26)5-10-19(21)17-6-8-18(9-7-17)23-20(11-12-30-23)24-31(27,28)15(2)3/h5-13,15,24H,4,14H2,1-3H3,(H,25,26). The number of ether oxygens (including phenoxy) is 1. The van der Waals surface area contributed by atoms with E-state index in [0.717, 1.165) is 21.6 Å². The van der Waals surface area contributed by atoms with Crippen molar-refractivity contribution in [3.05, 3.63) is 59.5 Å². The van der Waals surface area contributed by atoms with Gasteiger partial charge in [0.15, 0.2) is 0 Å². The molecule has 0 saturated heterocycles. The van der Waals surface area contributed by atoms with Gasteiger partial charge in [0, 0.05) is 5.56 Å². The number of hydrogen-bond acceptors (Lipinski definition) is 5. The molecule has 0 bridgehead atoms. The topological polar surface area (TPSA) is 92.7 Å². The van der Waals surface area contributed by atoms with E-state index < -0.39 is 21.2 Å². The van der Waals surface area contributed by atoms with Gasteiger partial charge in [0.25, 0.3) is 0 Å². The van der Waals surface area contributed by atoms with Crippen LogP contribution in [0.25, 0.3) is 21.6 Å². The smallest absolute Gasteiger partial charge is 0.307 e. The Bertz CT molecular complexity index is 1160. The number of benzene rings is 2. The lowest BCUT2D eigenvalue weighted by Crippen LogP contribution is -2.22. The molecule has 0 unspecified atom stereocenters. The fourth-order valence-corrected chi connectivity index (χ4v) is 4.69. The van der Waals surface area contributed by atoms with Gasteiger partial charge in [-0.15, -0.1) is 11.3 Å². The third-order valence-electron chi connectivity index (χ3n) is 4.70. The van der Waals surface area contributed by atoms with Crippen LogP contribution >= 0.6 is 11.3 Å². The third-order valence-corrected chi connectivity index (χ3v) is 7.41. The molecule has 0 fully saturated rings. The van der Waals surface area contributed by atoms with E-state index in [9.17, 15) is 13.2 Å². The molecule has 3 rings (SSSR count). The lowest BCUT2D eigenvalue weighted by Gasteiger charge is -2.13. The van der Waals surface area contributed by atoms with Crippen molar-refractivity contribution >= 4 is 33.0 Å². The van der Waals surface area contributed by atoms with Gasteiger partial charge in [-0.1, -0.05) is 36.4 Å². The van der Waals surface area contributed by atoms with Gasteiger partial charge in [0.05, 0.1) is 28.8 Å². The predicted molar refractivity (Wildman–Crippen MR) is 125 cm³/mol. The third kappa shape index (κ3) is 5.45. The summed E-state index contributed by atoms with van der Waals surface area (Å²) >= 11 is 1.47. The van der Waals surface area contributed by atoms with Crippen LogP contribution in [0, 0.1) is 0 Å². The van der Waals surface area contributed by atoms with E-state index in [-0.39, 0.29) is 6.42 Å². The lowest BCUT2D eigenvalue weighted by molar-refractivity contribution is -0.136. The first-order valence-electron chi connectivity index (χ1n) is 9.88. The highest BCUT2D eigenvalue weighted by Crippen LogP contribution is 2.37. The number of rotatable bonds is 9. The summed E-state index contributed by atoms with van der Waals surface area (Å²) in [5.41, 5.74) is 3.95. The van der Waals surface area contributed by atoms with Gasteiger partial charge in [-0.25, -0.2) is 8.42 Å². The molecule has 0 aliphatic rings. The van der Waals surface area contributed by atoms with Crippen LogP contribution in [0.3, 0.4) is 0 Å². The number of nitrogens with one attached hydrogen (secondary N) is 1. The molecule has 8 heteroatoms. The number of anilines is 1. The van der Waals surface area contributed by atoms with Crippen molar-refractivity contribution in [3.8, 4) is 27.3 Å². The van der Waals surface area contributed by atoms with Gasteiger partial charge < -0.3 is 9.84 Å². The van der Waals surface area contributed by atoms with Gasteiger partial charge in [0.1, 0.15) is 5.75 Å². The Morgan fingerprint density at radius 3 is 2.39 bits per heavy atom. The second kappa shape index (κ2) is 9.53. The number of hydrogen-bond donors (Lipinski definition) is 2. The summed E-state index contributed by atoms with van der Waals surface area (Å²) in [7, 11) is -3.43. The summed E-state index contributed by atoms with van der Waals surface area (Å²) in [6, 6.07) is 15.0. The Morgan fingerprint density at radius 2 is 1.77 bits per heavy atom. The Labute approximate surface area is 186 Å². The molecule has 0 radical (unpaired) electrons. The zero-order valence-electron chi connectivity index (χ0n) is 17.6. The van der Waals surface area contributed by atoms with Crippen LogP contribution in [-0.2, 0) is 21.2 Å². The fraction of sp³-hybridized carbons (Fsp3) is 0.261. The highest BCUT2D eigenvalue weighted by atomic mass is 32.2. The molecule has 164 valence electrons. The summed E-state index contributed by atoms with van der Waals surface area (Å²) in [4.78, 5) is 11.9. The molecule has 1 heterocycles. The molecule has 0 aliphatic heterocycles. The maximum Gasteiger partial charge on any atom is 0.307 e. The number of thiophene rings is 1. The molecule has 3 aromatic rings. The fourth-order valence-electron chi connectivity index (χ4n) is 3.05. The van der Waals surface area contributed by atoms with Crippen molar-refractivity contribution in [1.29, 1.82) is 0 Å². The van der Waals surface area contributed by atoms with Crippen molar-refractivity contribution < 1.29 is 23.1 Å². The number of sulfonamides is 1. The SMILES string of the molecule is CCOc1cc(CC(=O)O)ccc1-c1ccc(-c2sccc2NS(=O)(=O)C(C)C)cc1. The number of aliphatic carboxylic acids is 1. The molecular formula is C23H25NO5S2. The summed E-state index contributed by atoms with van der Waals surface area (Å²) in [5, 5.41) is 10.4. The largest absolute Gasteiger partial charge is 0.493 e. The second-order valence-corrected chi connectivity index (χ2v) is 10.4. The Hall–Kier alpha value is -2.84. The maximum absolute atomic E-state index is 12.3. The molecule has 0 atom stereocenters. The summed E-state index contributed by atoms with van der Waals surface area (Å²) in [5.74, 6) is -0.255. The normalized spacial score (nSPS) is 11.5. The number of carboxylic acid groups (broad SMARTS) is 1. The minimum atomic E-state index is -3.43. The molecule has 0 saturated carbocycles. The molecule has 2 N–H and O–H groups in total. The Morgan fingerprint density at radius 1 is 1.10 bits per heavy atom. The molecule has 2 aromatic carbocycles. The summed E-state index contributed by atoms with van der Waals surface area (Å²) in [6.45, 7) is 5.63. The monoisotopic (exact) mass is 459 g/mol. The van der Waals surface area contributed by atoms with E-state index in [4.69, 9.17) is 9.84 Å². The van der Waals surface area contributed by atoms with Gasteiger partial charge in [-0.2, -0.15) is 0 Å². The van der Waals surface area contributed by atoms with Gasteiger partial charge in [0.2, 0.25) is 10.0 Å². The average molecular weight is 460 g/mol. The van der Waals surface area contributed by atoms with Crippen LogP contribution in [0.2, 0.25) is 0 Å². The average Bonchev–Trinajstić information content (AvgIpc) is 3.15. The number of carbonyl (C=O) groups is 1. The Kier molecular flexibility index (Phi) is 7.02.